The Labute approximate surface area is 226 Å². The molecule has 0 aliphatic carbocycles. The molecule has 3 fully saturated rings. The predicted molar refractivity (Wildman–Crippen MR) is 148 cm³/mol. The lowest BCUT2D eigenvalue weighted by molar-refractivity contribution is -0.159. The molecule has 3 aliphatic rings. The summed E-state index contributed by atoms with van der Waals surface area (Å²) in [5, 5.41) is 14.8. The van der Waals surface area contributed by atoms with Crippen molar-refractivity contribution in [3.63, 3.8) is 0 Å². The maximum Gasteiger partial charge on any atom is 0.414 e. The molecule has 0 spiro atoms. The first kappa shape index (κ1) is 28.2. The Morgan fingerprint density at radius 1 is 0.553 bits per heavy atom. The number of carboxylic acid groups (broad SMARTS) is 2. The number of hydrogen-bond donors (Lipinski definition) is 2. The molecule has 0 aromatic heterocycles. The van der Waals surface area contributed by atoms with Crippen LogP contribution >= 0.6 is 0 Å². The quantitative estimate of drug-likeness (QED) is 0.560. The van der Waals surface area contributed by atoms with Crippen molar-refractivity contribution < 1.29 is 19.8 Å². The summed E-state index contributed by atoms with van der Waals surface area (Å²) in [5.74, 6) is -3.65. The van der Waals surface area contributed by atoms with Crippen LogP contribution in [-0.4, -0.2) is 106 Å². The van der Waals surface area contributed by atoms with E-state index in [1.807, 2.05) is 0 Å². The van der Waals surface area contributed by atoms with Crippen molar-refractivity contribution in [3.05, 3.63) is 71.8 Å². The molecule has 206 valence electrons. The molecule has 0 amide bonds. The molecule has 2 aromatic carbocycles. The molecule has 2 N–H and O–H groups in total. The van der Waals surface area contributed by atoms with Crippen LogP contribution in [0.3, 0.4) is 0 Å². The van der Waals surface area contributed by atoms with Crippen LogP contribution in [0.2, 0.25) is 0 Å². The summed E-state index contributed by atoms with van der Waals surface area (Å²) < 4.78 is 0. The molecule has 3 saturated heterocycles. The fraction of sp³-hybridized carbons (Fsp3) is 0.533. The average molecular weight is 523 g/mol. The highest BCUT2D eigenvalue weighted by Gasteiger charge is 2.31. The molecule has 0 bridgehead atoms. The highest BCUT2D eigenvalue weighted by Crippen LogP contribution is 2.23. The number of piperidine rings is 2. The molecule has 0 unspecified atom stereocenters. The zero-order valence-electron chi connectivity index (χ0n) is 22.3. The topological polar surface area (TPSA) is 87.6 Å². The van der Waals surface area contributed by atoms with E-state index in [1.54, 1.807) is 0 Å². The molecular weight excluding hydrogens is 480 g/mol. The lowest BCUT2D eigenvalue weighted by Gasteiger charge is -2.46. The average Bonchev–Trinajstić information content (AvgIpc) is 2.95. The summed E-state index contributed by atoms with van der Waals surface area (Å²) in [6.45, 7) is 12.3. The predicted octanol–water partition coefficient (Wildman–Crippen LogP) is 3.09. The first-order valence-corrected chi connectivity index (χ1v) is 13.9. The zero-order valence-corrected chi connectivity index (χ0v) is 22.3. The lowest BCUT2D eigenvalue weighted by atomic mass is 9.99. The second-order valence-electron chi connectivity index (χ2n) is 10.7. The minimum atomic E-state index is -1.82. The van der Waals surface area contributed by atoms with E-state index in [4.69, 9.17) is 19.8 Å². The summed E-state index contributed by atoms with van der Waals surface area (Å²) in [5.41, 5.74) is 2.91. The maximum atomic E-state index is 9.10. The SMILES string of the molecule is O=C(O)C(=O)O.c1ccc(CN2CCC(N3CCN(C4CCN(Cc5ccccc5)CC4)CC3)CC2)cc1. The van der Waals surface area contributed by atoms with Crippen LogP contribution in [-0.2, 0) is 22.7 Å². The van der Waals surface area contributed by atoms with Gasteiger partial charge in [0.25, 0.3) is 0 Å². The maximum absolute atomic E-state index is 9.10. The van der Waals surface area contributed by atoms with E-state index < -0.39 is 11.9 Å². The third-order valence-electron chi connectivity index (χ3n) is 8.18. The van der Waals surface area contributed by atoms with Gasteiger partial charge >= 0.3 is 11.9 Å². The molecule has 0 saturated carbocycles. The van der Waals surface area contributed by atoms with Gasteiger partial charge in [-0.1, -0.05) is 60.7 Å². The fourth-order valence-electron chi connectivity index (χ4n) is 6.04. The first-order valence-electron chi connectivity index (χ1n) is 13.9. The number of carboxylic acids is 2. The number of carbonyl (C=O) groups is 2. The van der Waals surface area contributed by atoms with Crippen LogP contribution in [0.5, 0.6) is 0 Å². The third kappa shape index (κ3) is 8.63. The molecule has 8 heteroatoms. The minimum absolute atomic E-state index is 0.803. The summed E-state index contributed by atoms with van der Waals surface area (Å²) in [4.78, 5) is 29.1. The van der Waals surface area contributed by atoms with Gasteiger partial charge in [0.05, 0.1) is 0 Å². The second kappa shape index (κ2) is 14.4. The van der Waals surface area contributed by atoms with Gasteiger partial charge in [0, 0.05) is 51.4 Å². The van der Waals surface area contributed by atoms with Gasteiger partial charge in [0.2, 0.25) is 0 Å². The highest BCUT2D eigenvalue weighted by atomic mass is 16.4. The molecule has 5 rings (SSSR count). The number of aliphatic carboxylic acids is 2. The molecular formula is C30H42N4O4. The molecule has 0 radical (unpaired) electrons. The fourth-order valence-corrected chi connectivity index (χ4v) is 6.04. The van der Waals surface area contributed by atoms with E-state index in [0.717, 1.165) is 25.2 Å². The lowest BCUT2D eigenvalue weighted by Crippen LogP contribution is -2.56. The number of likely N-dealkylation sites (tertiary alicyclic amines) is 2. The first-order chi connectivity index (χ1) is 18.5. The van der Waals surface area contributed by atoms with Crippen molar-refractivity contribution in [1.82, 2.24) is 19.6 Å². The van der Waals surface area contributed by atoms with E-state index in [0.29, 0.717) is 0 Å². The van der Waals surface area contributed by atoms with Gasteiger partial charge in [-0.2, -0.15) is 0 Å². The molecule has 3 aliphatic heterocycles. The third-order valence-corrected chi connectivity index (χ3v) is 8.18. The van der Waals surface area contributed by atoms with Crippen molar-refractivity contribution in [2.45, 2.75) is 50.9 Å². The van der Waals surface area contributed by atoms with E-state index in [-0.39, 0.29) is 0 Å². The van der Waals surface area contributed by atoms with Gasteiger partial charge in [0.1, 0.15) is 0 Å². The van der Waals surface area contributed by atoms with E-state index >= 15 is 0 Å². The van der Waals surface area contributed by atoms with Gasteiger partial charge in [-0.15, -0.1) is 0 Å². The van der Waals surface area contributed by atoms with Crippen LogP contribution in [0, 0.1) is 0 Å². The van der Waals surface area contributed by atoms with E-state index in [9.17, 15) is 0 Å². The van der Waals surface area contributed by atoms with Crippen LogP contribution < -0.4 is 0 Å². The monoisotopic (exact) mass is 522 g/mol. The smallest absolute Gasteiger partial charge is 0.414 e. The molecule has 0 atom stereocenters. The molecule has 2 aromatic rings. The molecule has 3 heterocycles. The van der Waals surface area contributed by atoms with Crippen molar-refractivity contribution in [3.8, 4) is 0 Å². The highest BCUT2D eigenvalue weighted by molar-refractivity contribution is 6.27. The van der Waals surface area contributed by atoms with E-state index in [2.05, 4.69) is 80.3 Å². The summed E-state index contributed by atoms with van der Waals surface area (Å²) in [6.07, 6.45) is 5.35. The molecule has 38 heavy (non-hydrogen) atoms. The normalized spacial score (nSPS) is 20.9. The van der Waals surface area contributed by atoms with Crippen molar-refractivity contribution in [2.75, 3.05) is 52.4 Å². The van der Waals surface area contributed by atoms with E-state index in [1.165, 1.54) is 89.2 Å². The molecule has 8 nitrogen and oxygen atoms in total. The minimum Gasteiger partial charge on any atom is -0.473 e. The Hall–Kier alpha value is -2.78. The Kier molecular flexibility index (Phi) is 10.7. The van der Waals surface area contributed by atoms with Crippen molar-refractivity contribution >= 4 is 11.9 Å². The van der Waals surface area contributed by atoms with Crippen LogP contribution in [0.15, 0.2) is 60.7 Å². The Balaban J connectivity index is 0.000000505. The summed E-state index contributed by atoms with van der Waals surface area (Å²) in [7, 11) is 0. The Morgan fingerprint density at radius 2 is 0.868 bits per heavy atom. The van der Waals surface area contributed by atoms with Crippen LogP contribution in [0.4, 0.5) is 0 Å². The number of piperazine rings is 1. The van der Waals surface area contributed by atoms with Gasteiger partial charge in [0.15, 0.2) is 0 Å². The van der Waals surface area contributed by atoms with Crippen LogP contribution in [0.25, 0.3) is 0 Å². The summed E-state index contributed by atoms with van der Waals surface area (Å²) >= 11 is 0. The standard InChI is InChI=1S/C28H40N4.C2H2O4/c1-3-7-25(8-4-1)23-29-15-11-27(12-16-29)31-19-21-32(22-20-31)28-13-17-30(18-14-28)24-26-9-5-2-6-10-26;3-1(4)2(5)6/h1-10,27-28H,11-24H2;(H,3,4)(H,5,6). The largest absolute Gasteiger partial charge is 0.473 e. The van der Waals surface area contributed by atoms with Gasteiger partial charge < -0.3 is 10.2 Å². The van der Waals surface area contributed by atoms with Crippen molar-refractivity contribution in [2.24, 2.45) is 0 Å². The zero-order chi connectivity index (χ0) is 26.7. The van der Waals surface area contributed by atoms with Crippen molar-refractivity contribution in [1.29, 1.82) is 0 Å². The van der Waals surface area contributed by atoms with Gasteiger partial charge in [-0.25, -0.2) is 9.59 Å². The number of hydrogen-bond acceptors (Lipinski definition) is 6. The summed E-state index contributed by atoms with van der Waals surface area (Å²) in [6, 6.07) is 23.5. The number of nitrogens with zero attached hydrogens (tertiary/aromatic N) is 4. The second-order valence-corrected chi connectivity index (χ2v) is 10.7. The Morgan fingerprint density at radius 3 is 1.16 bits per heavy atom. The van der Waals surface area contributed by atoms with Gasteiger partial charge in [-0.3, -0.25) is 19.6 Å². The van der Waals surface area contributed by atoms with Crippen LogP contribution in [0.1, 0.15) is 36.8 Å². The number of benzene rings is 2. The Bertz CT molecular complexity index is 900. The number of rotatable bonds is 6. The van der Waals surface area contributed by atoms with Gasteiger partial charge in [-0.05, 0) is 63.0 Å².